The molecule has 0 aliphatic carbocycles. The van der Waals surface area contributed by atoms with Gasteiger partial charge in [-0.05, 0) is 0 Å². The summed E-state index contributed by atoms with van der Waals surface area (Å²) in [6, 6.07) is 0. The molecule has 0 amide bonds. The van der Waals surface area contributed by atoms with Crippen LogP contribution in [0.25, 0.3) is 0 Å². The lowest BCUT2D eigenvalue weighted by Crippen LogP contribution is -2.52. The minimum absolute atomic E-state index is 0.495. The van der Waals surface area contributed by atoms with Crippen molar-refractivity contribution in [2.24, 2.45) is 17.8 Å². The molecule has 0 aliphatic heterocycles. The molecular formula is C21H45Al. The van der Waals surface area contributed by atoms with Crippen LogP contribution in [-0.2, 0) is 0 Å². The number of hydrogen-bond donors (Lipinski definition) is 0. The average Bonchev–Trinajstić information content (AvgIpc) is 2.42. The molecule has 0 nitrogen and oxygen atoms in total. The minimum Gasteiger partial charge on any atom is -0.0728 e. The lowest BCUT2D eigenvalue weighted by Gasteiger charge is -2.55. The third kappa shape index (κ3) is 4.33. The van der Waals surface area contributed by atoms with E-state index >= 15 is 0 Å². The molecule has 0 rings (SSSR count). The summed E-state index contributed by atoms with van der Waals surface area (Å²) < 4.78 is 1.48. The highest BCUT2D eigenvalue weighted by Gasteiger charge is 2.57. The summed E-state index contributed by atoms with van der Waals surface area (Å²) in [7, 11) is 0. The van der Waals surface area contributed by atoms with Crippen molar-refractivity contribution in [1.82, 2.24) is 0 Å². The van der Waals surface area contributed by atoms with E-state index in [2.05, 4.69) is 83.1 Å². The Bertz CT molecular complexity index is 274. The normalized spacial score (nSPS) is 18.0. The molecule has 0 saturated carbocycles. The van der Waals surface area contributed by atoms with Crippen LogP contribution in [0.2, 0.25) is 12.8 Å². The van der Waals surface area contributed by atoms with Gasteiger partial charge in [0.2, 0.25) is 0 Å². The largest absolute Gasteiger partial charge is 0.282 e. The van der Waals surface area contributed by atoms with E-state index in [1.54, 1.807) is 0 Å². The van der Waals surface area contributed by atoms with Crippen LogP contribution in [0.4, 0.5) is 0 Å². The third-order valence-electron chi connectivity index (χ3n) is 7.88. The predicted molar refractivity (Wildman–Crippen MR) is 106 cm³/mol. The van der Waals surface area contributed by atoms with Crippen molar-refractivity contribution in [2.75, 3.05) is 0 Å². The standard InChI is InChI=1S/3C7H15.Al/c3*1-5-7(4)6(2)3;/h3*7H,5H2,1-4H3;. The van der Waals surface area contributed by atoms with E-state index in [4.69, 9.17) is 0 Å². The molecule has 0 N–H and O–H groups in total. The second-order valence-corrected chi connectivity index (χ2v) is 15.2. The summed E-state index contributed by atoms with van der Waals surface area (Å²) in [5.74, 6) is 2.45. The molecule has 1 heteroatoms. The van der Waals surface area contributed by atoms with Gasteiger partial charge in [0.25, 0.3) is 14.1 Å². The molecule has 0 aromatic rings. The molecule has 0 bridgehead atoms. The molecule has 0 aromatic heterocycles. The number of hydrogen-bond acceptors (Lipinski definition) is 0. The van der Waals surface area contributed by atoms with Crippen LogP contribution in [0.15, 0.2) is 0 Å². The average molecular weight is 325 g/mol. The van der Waals surface area contributed by atoms with E-state index in [1.165, 1.54) is 19.3 Å². The Balaban J connectivity index is 6.12. The Morgan fingerprint density at radius 1 is 0.545 bits per heavy atom. The highest BCUT2D eigenvalue weighted by molar-refractivity contribution is 6.68. The Kier molecular flexibility index (Phi) is 8.27. The topological polar surface area (TPSA) is 0 Å². The molecular weight excluding hydrogens is 279 g/mol. The van der Waals surface area contributed by atoms with Crippen LogP contribution in [-0.4, -0.2) is 14.1 Å². The Morgan fingerprint density at radius 2 is 0.727 bits per heavy atom. The lowest BCUT2D eigenvalue weighted by molar-refractivity contribution is 0.313. The van der Waals surface area contributed by atoms with Gasteiger partial charge < -0.3 is 0 Å². The van der Waals surface area contributed by atoms with Gasteiger partial charge in [-0.2, -0.15) is 0 Å². The van der Waals surface area contributed by atoms with Crippen molar-refractivity contribution in [3.63, 3.8) is 0 Å². The second kappa shape index (κ2) is 8.07. The van der Waals surface area contributed by atoms with Gasteiger partial charge in [0, 0.05) is 0 Å². The predicted octanol–water partition coefficient (Wildman–Crippen LogP) is 7.96. The van der Waals surface area contributed by atoms with Gasteiger partial charge in [-0.25, -0.2) is 0 Å². The van der Waals surface area contributed by atoms with Gasteiger partial charge in [-0.15, -0.1) is 0 Å². The summed E-state index contributed by atoms with van der Waals surface area (Å²) >= 11 is -1.09. The SMILES string of the molecule is CCC(C)[C](C)(C)[Al]([C](C)(C)C(C)CC)[C](C)(C)C(C)CC. The molecule has 3 atom stereocenters. The van der Waals surface area contributed by atoms with Crippen LogP contribution >= 0.6 is 0 Å². The highest BCUT2D eigenvalue weighted by atomic mass is 27.2. The fourth-order valence-electron chi connectivity index (χ4n) is 5.31. The first kappa shape index (κ1) is 22.5. The van der Waals surface area contributed by atoms with Crippen LogP contribution in [0.3, 0.4) is 0 Å². The summed E-state index contributed by atoms with van der Waals surface area (Å²) in [4.78, 5) is 0. The molecule has 0 aromatic carbocycles. The maximum atomic E-state index is 2.60. The molecule has 3 unspecified atom stereocenters. The van der Waals surface area contributed by atoms with Crippen molar-refractivity contribution in [2.45, 2.75) is 115 Å². The maximum Gasteiger partial charge on any atom is 0.282 e. The van der Waals surface area contributed by atoms with Crippen molar-refractivity contribution in [3.05, 3.63) is 0 Å². The van der Waals surface area contributed by atoms with Crippen LogP contribution in [0, 0.1) is 17.8 Å². The zero-order chi connectivity index (χ0) is 17.9. The summed E-state index contributed by atoms with van der Waals surface area (Å²) in [6.45, 7) is 30.3. The van der Waals surface area contributed by atoms with Crippen LogP contribution < -0.4 is 0 Å². The fourth-order valence-corrected chi connectivity index (χ4v) is 13.5. The van der Waals surface area contributed by atoms with E-state index < -0.39 is 14.1 Å². The smallest absolute Gasteiger partial charge is 0.0728 e. The van der Waals surface area contributed by atoms with Gasteiger partial charge in [0.15, 0.2) is 0 Å². The van der Waals surface area contributed by atoms with Gasteiger partial charge in [-0.3, -0.25) is 0 Å². The Morgan fingerprint density at radius 3 is 0.864 bits per heavy atom. The molecule has 0 fully saturated rings. The zero-order valence-electron chi connectivity index (χ0n) is 17.9. The van der Waals surface area contributed by atoms with Crippen molar-refractivity contribution in [1.29, 1.82) is 0 Å². The molecule has 22 heavy (non-hydrogen) atoms. The first-order valence-electron chi connectivity index (χ1n) is 9.81. The Labute approximate surface area is 147 Å². The highest BCUT2D eigenvalue weighted by Crippen LogP contribution is 2.62. The first-order valence-corrected chi connectivity index (χ1v) is 11.5. The second-order valence-electron chi connectivity index (χ2n) is 9.83. The third-order valence-corrected chi connectivity index (χ3v) is 14.1. The molecule has 0 aliphatic rings. The summed E-state index contributed by atoms with van der Waals surface area (Å²) in [5.41, 5.74) is 0. The molecule has 0 saturated heterocycles. The zero-order valence-corrected chi connectivity index (χ0v) is 19.1. The minimum atomic E-state index is -1.09. The van der Waals surface area contributed by atoms with Crippen molar-refractivity contribution >= 4 is 14.1 Å². The Hall–Kier alpha value is 0.532. The summed E-state index contributed by atoms with van der Waals surface area (Å²) in [5, 5.41) is 0. The monoisotopic (exact) mass is 324 g/mol. The quantitative estimate of drug-likeness (QED) is 0.377. The maximum absolute atomic E-state index is 2.60. The molecule has 0 spiro atoms. The van der Waals surface area contributed by atoms with Crippen LogP contribution in [0.5, 0.6) is 0 Å². The van der Waals surface area contributed by atoms with E-state index in [-0.39, 0.29) is 0 Å². The number of rotatable bonds is 9. The molecule has 132 valence electrons. The van der Waals surface area contributed by atoms with E-state index in [1.807, 2.05) is 0 Å². The van der Waals surface area contributed by atoms with E-state index in [0.29, 0.717) is 12.8 Å². The van der Waals surface area contributed by atoms with Crippen molar-refractivity contribution < 1.29 is 0 Å². The van der Waals surface area contributed by atoms with Crippen molar-refractivity contribution in [3.8, 4) is 0 Å². The molecule has 0 radical (unpaired) electrons. The van der Waals surface area contributed by atoms with Gasteiger partial charge in [0.1, 0.15) is 0 Å². The van der Waals surface area contributed by atoms with Gasteiger partial charge in [-0.1, -0.05) is 133 Å². The van der Waals surface area contributed by atoms with E-state index in [9.17, 15) is 0 Å². The molecule has 0 heterocycles. The van der Waals surface area contributed by atoms with Gasteiger partial charge >= 0.3 is 0 Å². The lowest BCUT2D eigenvalue weighted by atomic mass is 9.91. The fraction of sp³-hybridized carbons (Fsp3) is 1.00. The van der Waals surface area contributed by atoms with Gasteiger partial charge in [0.05, 0.1) is 0 Å². The van der Waals surface area contributed by atoms with Crippen LogP contribution in [0.1, 0.15) is 102 Å². The summed E-state index contributed by atoms with van der Waals surface area (Å²) in [6.07, 6.45) is 3.93. The first-order chi connectivity index (χ1) is 9.81. The van der Waals surface area contributed by atoms with E-state index in [0.717, 1.165) is 17.8 Å².